The minimum atomic E-state index is -0.630. The van der Waals surface area contributed by atoms with E-state index in [1.165, 1.54) is 7.11 Å². The van der Waals surface area contributed by atoms with E-state index in [1.54, 1.807) is 25.3 Å². The third kappa shape index (κ3) is 4.14. The number of esters is 1. The number of rotatable bonds is 6. The molecular weight excluding hydrogens is 277 g/mol. The summed E-state index contributed by atoms with van der Waals surface area (Å²) in [6, 6.07) is 4.34. The molecule has 100 valence electrons. The van der Waals surface area contributed by atoms with Crippen molar-refractivity contribution >= 4 is 29.2 Å². The van der Waals surface area contributed by atoms with Gasteiger partial charge in [0.2, 0.25) is 0 Å². The molecule has 0 aliphatic heterocycles. The lowest BCUT2D eigenvalue weighted by molar-refractivity contribution is -0.143. The number of hydrogen-bond acceptors (Lipinski definition) is 4. The molecule has 1 unspecified atom stereocenters. The molecule has 0 aliphatic rings. The number of carbonyl (C=O) groups is 1. The van der Waals surface area contributed by atoms with E-state index in [4.69, 9.17) is 32.7 Å². The Balaban J connectivity index is 2.90. The Morgan fingerprint density at radius 3 is 2.67 bits per heavy atom. The predicted octanol–water partition coefficient (Wildman–Crippen LogP) is 2.44. The Labute approximate surface area is 116 Å². The van der Waals surface area contributed by atoms with Gasteiger partial charge in [0.05, 0.1) is 13.7 Å². The van der Waals surface area contributed by atoms with E-state index in [9.17, 15) is 4.79 Å². The molecule has 1 atom stereocenters. The van der Waals surface area contributed by atoms with Crippen LogP contribution in [0, 0.1) is 0 Å². The third-order valence-electron chi connectivity index (χ3n) is 2.37. The first-order valence-electron chi connectivity index (χ1n) is 5.35. The quantitative estimate of drug-likeness (QED) is 0.646. The average molecular weight is 292 g/mol. The normalized spacial score (nSPS) is 12.2. The highest BCUT2D eigenvalue weighted by molar-refractivity contribution is 6.35. The molecule has 0 fully saturated rings. The summed E-state index contributed by atoms with van der Waals surface area (Å²) in [4.78, 5) is 11.7. The zero-order valence-corrected chi connectivity index (χ0v) is 11.7. The second kappa shape index (κ2) is 7.59. The molecule has 18 heavy (non-hydrogen) atoms. The molecule has 6 heteroatoms. The van der Waals surface area contributed by atoms with Crippen LogP contribution in [-0.2, 0) is 14.3 Å². The maximum atomic E-state index is 11.7. The fourth-order valence-electron chi connectivity index (χ4n) is 1.48. The maximum absolute atomic E-state index is 11.7. The molecule has 0 spiro atoms. The molecule has 1 aromatic rings. The minimum absolute atomic E-state index is 0.407. The first-order valence-corrected chi connectivity index (χ1v) is 6.10. The predicted molar refractivity (Wildman–Crippen MR) is 71.1 cm³/mol. The summed E-state index contributed by atoms with van der Waals surface area (Å²) in [5.41, 5.74) is 0.629. The van der Waals surface area contributed by atoms with E-state index in [-0.39, 0.29) is 0 Å². The Kier molecular flexibility index (Phi) is 6.43. The summed E-state index contributed by atoms with van der Waals surface area (Å²) in [5, 5.41) is 3.96. The molecule has 0 saturated carbocycles. The second-order valence-corrected chi connectivity index (χ2v) is 4.41. The van der Waals surface area contributed by atoms with Crippen molar-refractivity contribution in [2.45, 2.75) is 6.04 Å². The van der Waals surface area contributed by atoms with Gasteiger partial charge in [-0.25, -0.2) is 4.79 Å². The van der Waals surface area contributed by atoms with Crippen molar-refractivity contribution in [3.05, 3.63) is 33.8 Å². The summed E-state index contributed by atoms with van der Waals surface area (Å²) in [6.07, 6.45) is 0. The molecule has 0 saturated heterocycles. The van der Waals surface area contributed by atoms with Crippen molar-refractivity contribution in [2.24, 2.45) is 0 Å². The number of benzene rings is 1. The lowest BCUT2D eigenvalue weighted by Gasteiger charge is -2.18. The van der Waals surface area contributed by atoms with Crippen LogP contribution < -0.4 is 5.32 Å². The summed E-state index contributed by atoms with van der Waals surface area (Å²) in [7, 11) is 2.92. The van der Waals surface area contributed by atoms with Crippen LogP contribution in [0.3, 0.4) is 0 Å². The highest BCUT2D eigenvalue weighted by atomic mass is 35.5. The molecule has 0 bridgehead atoms. The summed E-state index contributed by atoms with van der Waals surface area (Å²) >= 11 is 11.9. The van der Waals surface area contributed by atoms with E-state index >= 15 is 0 Å². The molecule has 0 aromatic heterocycles. The van der Waals surface area contributed by atoms with Gasteiger partial charge in [0.15, 0.2) is 0 Å². The molecule has 4 nitrogen and oxygen atoms in total. The number of carbonyl (C=O) groups excluding carboxylic acids is 1. The lowest BCUT2D eigenvalue weighted by atomic mass is 10.1. The largest absolute Gasteiger partial charge is 0.468 e. The molecule has 1 N–H and O–H groups in total. The highest BCUT2D eigenvalue weighted by Gasteiger charge is 2.23. The van der Waals surface area contributed by atoms with Gasteiger partial charge in [-0.15, -0.1) is 0 Å². The first kappa shape index (κ1) is 15.2. The van der Waals surface area contributed by atoms with Gasteiger partial charge in [0.1, 0.15) is 6.04 Å². The van der Waals surface area contributed by atoms with Crippen molar-refractivity contribution in [1.82, 2.24) is 5.32 Å². The van der Waals surface area contributed by atoms with Crippen LogP contribution in [-0.4, -0.2) is 33.3 Å². The minimum Gasteiger partial charge on any atom is -0.468 e. The molecule has 1 aromatic carbocycles. The van der Waals surface area contributed by atoms with Crippen molar-refractivity contribution in [2.75, 3.05) is 27.4 Å². The van der Waals surface area contributed by atoms with Gasteiger partial charge in [-0.1, -0.05) is 29.3 Å². The maximum Gasteiger partial charge on any atom is 0.327 e. The van der Waals surface area contributed by atoms with Crippen LogP contribution in [0.4, 0.5) is 0 Å². The van der Waals surface area contributed by atoms with Gasteiger partial charge in [-0.2, -0.15) is 0 Å². The van der Waals surface area contributed by atoms with E-state index in [0.717, 1.165) is 0 Å². The monoisotopic (exact) mass is 291 g/mol. The van der Waals surface area contributed by atoms with Gasteiger partial charge in [-0.3, -0.25) is 5.32 Å². The fourth-order valence-corrected chi connectivity index (χ4v) is 2.00. The number of hydrogen-bond donors (Lipinski definition) is 1. The first-order chi connectivity index (χ1) is 8.60. The number of nitrogens with one attached hydrogen (secondary N) is 1. The van der Waals surface area contributed by atoms with Crippen LogP contribution in [0.2, 0.25) is 10.0 Å². The average Bonchev–Trinajstić information content (AvgIpc) is 2.35. The standard InChI is InChI=1S/C12H15Cl2NO3/c1-17-6-5-15-11(12(16)18-2)9-4-3-8(13)7-10(9)14/h3-4,7,11,15H,5-6H2,1-2H3. The Hall–Kier alpha value is -0.810. The topological polar surface area (TPSA) is 47.6 Å². The molecule has 0 amide bonds. The van der Waals surface area contributed by atoms with Gasteiger partial charge < -0.3 is 9.47 Å². The van der Waals surface area contributed by atoms with Crippen molar-refractivity contribution < 1.29 is 14.3 Å². The van der Waals surface area contributed by atoms with Gasteiger partial charge in [-0.05, 0) is 17.7 Å². The van der Waals surface area contributed by atoms with E-state index in [1.807, 2.05) is 0 Å². The van der Waals surface area contributed by atoms with Crippen LogP contribution in [0.15, 0.2) is 18.2 Å². The van der Waals surface area contributed by atoms with Crippen LogP contribution in [0.1, 0.15) is 11.6 Å². The summed E-state index contributed by atoms with van der Waals surface area (Å²) < 4.78 is 9.67. The van der Waals surface area contributed by atoms with Gasteiger partial charge >= 0.3 is 5.97 Å². The molecule has 1 rings (SSSR count). The number of methoxy groups -OCH3 is 2. The van der Waals surface area contributed by atoms with Gasteiger partial charge in [0.25, 0.3) is 0 Å². The zero-order chi connectivity index (χ0) is 13.5. The Morgan fingerprint density at radius 2 is 2.11 bits per heavy atom. The van der Waals surface area contributed by atoms with Crippen LogP contribution in [0.25, 0.3) is 0 Å². The van der Waals surface area contributed by atoms with Crippen molar-refractivity contribution in [3.8, 4) is 0 Å². The van der Waals surface area contributed by atoms with E-state index in [0.29, 0.717) is 28.8 Å². The fraction of sp³-hybridized carbons (Fsp3) is 0.417. The number of ether oxygens (including phenoxy) is 2. The molecular formula is C12H15Cl2NO3. The SMILES string of the molecule is COCCNC(C(=O)OC)c1ccc(Cl)cc1Cl. The molecule has 0 aliphatic carbocycles. The number of halogens is 2. The van der Waals surface area contributed by atoms with Gasteiger partial charge in [0, 0.05) is 23.7 Å². The Morgan fingerprint density at radius 1 is 1.39 bits per heavy atom. The summed E-state index contributed by atoms with van der Waals surface area (Å²) in [5.74, 6) is -0.407. The van der Waals surface area contributed by atoms with Crippen molar-refractivity contribution in [1.29, 1.82) is 0 Å². The lowest BCUT2D eigenvalue weighted by Crippen LogP contribution is -2.32. The van der Waals surface area contributed by atoms with E-state index in [2.05, 4.69) is 5.32 Å². The third-order valence-corrected chi connectivity index (χ3v) is 2.93. The molecule has 0 radical (unpaired) electrons. The summed E-state index contributed by atoms with van der Waals surface area (Å²) in [6.45, 7) is 0.994. The van der Waals surface area contributed by atoms with Crippen LogP contribution >= 0.6 is 23.2 Å². The zero-order valence-electron chi connectivity index (χ0n) is 10.2. The van der Waals surface area contributed by atoms with Crippen LogP contribution in [0.5, 0.6) is 0 Å². The smallest absolute Gasteiger partial charge is 0.327 e. The second-order valence-electron chi connectivity index (χ2n) is 3.57. The Bertz CT molecular complexity index is 412. The van der Waals surface area contributed by atoms with Crippen molar-refractivity contribution in [3.63, 3.8) is 0 Å². The molecule has 0 heterocycles. The highest BCUT2D eigenvalue weighted by Crippen LogP contribution is 2.26. The van der Waals surface area contributed by atoms with E-state index < -0.39 is 12.0 Å².